The van der Waals surface area contributed by atoms with Gasteiger partial charge in [-0.2, -0.15) is 0 Å². The Bertz CT molecular complexity index is 445. The Morgan fingerprint density at radius 2 is 2.12 bits per heavy atom. The molecule has 0 saturated carbocycles. The van der Waals surface area contributed by atoms with Crippen LogP contribution < -0.4 is 5.32 Å². The van der Waals surface area contributed by atoms with Crippen LogP contribution in [0.3, 0.4) is 0 Å². The van der Waals surface area contributed by atoms with E-state index in [1.165, 1.54) is 5.56 Å². The highest BCUT2D eigenvalue weighted by Gasteiger charge is 2.08. The van der Waals surface area contributed by atoms with Gasteiger partial charge in [0.25, 0.3) is 0 Å². The van der Waals surface area contributed by atoms with Crippen molar-refractivity contribution in [2.24, 2.45) is 0 Å². The van der Waals surface area contributed by atoms with Crippen molar-refractivity contribution in [2.75, 3.05) is 5.32 Å². The summed E-state index contributed by atoms with van der Waals surface area (Å²) in [5.74, 6) is 0.917. The summed E-state index contributed by atoms with van der Waals surface area (Å²) in [7, 11) is 0. The molecule has 0 fully saturated rings. The van der Waals surface area contributed by atoms with Gasteiger partial charge in [0, 0.05) is 17.3 Å². The van der Waals surface area contributed by atoms with Gasteiger partial charge in [0.05, 0.1) is 6.04 Å². The fourth-order valence-corrected chi connectivity index (χ4v) is 2.29. The normalized spacial score (nSPS) is 12.4. The van der Waals surface area contributed by atoms with Crippen LogP contribution in [0.15, 0.2) is 23.7 Å². The van der Waals surface area contributed by atoms with Crippen LogP contribution >= 0.6 is 11.3 Å². The lowest BCUT2D eigenvalue weighted by molar-refractivity contribution is 0.858. The number of nitrogens with zero attached hydrogens (tertiary/aromatic N) is 2. The van der Waals surface area contributed by atoms with Crippen molar-refractivity contribution in [2.45, 2.75) is 26.8 Å². The monoisotopic (exact) mass is 233 g/mol. The van der Waals surface area contributed by atoms with Gasteiger partial charge in [-0.05, 0) is 38.5 Å². The second kappa shape index (κ2) is 4.61. The van der Waals surface area contributed by atoms with E-state index in [1.54, 1.807) is 11.3 Å². The molecule has 2 rings (SSSR count). The van der Waals surface area contributed by atoms with Gasteiger partial charge in [-0.3, -0.25) is 0 Å². The summed E-state index contributed by atoms with van der Waals surface area (Å²) in [6.07, 6.45) is 1.83. The number of aromatic nitrogens is 2. The molecule has 2 aromatic rings. The lowest BCUT2D eigenvalue weighted by Gasteiger charge is -2.12. The Morgan fingerprint density at radius 1 is 1.31 bits per heavy atom. The second-order valence-electron chi connectivity index (χ2n) is 3.91. The van der Waals surface area contributed by atoms with Crippen LogP contribution in [-0.4, -0.2) is 9.97 Å². The molecule has 0 amide bonds. The number of hydrogen-bond donors (Lipinski definition) is 1. The van der Waals surface area contributed by atoms with E-state index in [4.69, 9.17) is 0 Å². The number of anilines is 1. The van der Waals surface area contributed by atoms with Crippen LogP contribution in [0.4, 0.5) is 5.82 Å². The van der Waals surface area contributed by atoms with Crippen molar-refractivity contribution in [3.05, 3.63) is 40.0 Å². The Kier molecular flexibility index (Phi) is 3.19. The molecule has 2 heterocycles. The summed E-state index contributed by atoms with van der Waals surface area (Å²) < 4.78 is 0. The van der Waals surface area contributed by atoms with Crippen molar-refractivity contribution in [1.82, 2.24) is 9.97 Å². The predicted molar refractivity (Wildman–Crippen MR) is 67.9 cm³/mol. The minimum atomic E-state index is 0.202. The van der Waals surface area contributed by atoms with E-state index >= 15 is 0 Å². The Labute approximate surface area is 99.6 Å². The third kappa shape index (κ3) is 2.58. The van der Waals surface area contributed by atoms with Crippen molar-refractivity contribution in [3.8, 4) is 0 Å². The maximum Gasteiger partial charge on any atom is 0.127 e. The van der Waals surface area contributed by atoms with E-state index in [-0.39, 0.29) is 6.04 Å². The zero-order chi connectivity index (χ0) is 11.5. The zero-order valence-corrected chi connectivity index (χ0v) is 10.5. The van der Waals surface area contributed by atoms with E-state index in [1.807, 2.05) is 18.5 Å². The van der Waals surface area contributed by atoms with Gasteiger partial charge >= 0.3 is 0 Å². The minimum absolute atomic E-state index is 0.202. The quantitative estimate of drug-likeness (QED) is 0.883. The predicted octanol–water partition coefficient (Wildman–Crippen LogP) is 3.33. The second-order valence-corrected chi connectivity index (χ2v) is 4.83. The number of hydrogen-bond acceptors (Lipinski definition) is 4. The number of thiazole rings is 1. The largest absolute Gasteiger partial charge is 0.361 e. The maximum absolute atomic E-state index is 4.45. The fourth-order valence-electron chi connectivity index (χ4n) is 1.65. The van der Waals surface area contributed by atoms with Crippen molar-refractivity contribution in [3.63, 3.8) is 0 Å². The van der Waals surface area contributed by atoms with E-state index in [2.05, 4.69) is 41.3 Å². The van der Waals surface area contributed by atoms with Crippen molar-refractivity contribution >= 4 is 17.2 Å². The first-order valence-corrected chi connectivity index (χ1v) is 6.14. The van der Waals surface area contributed by atoms with Gasteiger partial charge in [0.2, 0.25) is 0 Å². The molecule has 0 bridgehead atoms. The van der Waals surface area contributed by atoms with Crippen molar-refractivity contribution in [1.29, 1.82) is 0 Å². The first-order chi connectivity index (χ1) is 7.65. The van der Waals surface area contributed by atoms with Crippen LogP contribution in [0.5, 0.6) is 0 Å². The van der Waals surface area contributed by atoms with E-state index < -0.39 is 0 Å². The molecule has 1 atom stereocenters. The van der Waals surface area contributed by atoms with Gasteiger partial charge in [-0.25, -0.2) is 9.97 Å². The summed E-state index contributed by atoms with van der Waals surface area (Å²) >= 11 is 1.66. The van der Waals surface area contributed by atoms with E-state index in [9.17, 15) is 0 Å². The highest BCUT2D eigenvalue weighted by Crippen LogP contribution is 2.20. The Morgan fingerprint density at radius 3 is 2.75 bits per heavy atom. The average molecular weight is 233 g/mol. The highest BCUT2D eigenvalue weighted by molar-refractivity contribution is 7.09. The van der Waals surface area contributed by atoms with E-state index in [0.717, 1.165) is 16.5 Å². The number of pyridine rings is 1. The molecule has 0 aliphatic heterocycles. The third-order valence-electron chi connectivity index (χ3n) is 2.28. The molecule has 0 aliphatic rings. The molecule has 0 spiro atoms. The summed E-state index contributed by atoms with van der Waals surface area (Å²) in [6, 6.07) is 4.32. The zero-order valence-electron chi connectivity index (χ0n) is 9.69. The molecule has 4 heteroatoms. The van der Waals surface area contributed by atoms with Crippen molar-refractivity contribution < 1.29 is 0 Å². The topological polar surface area (TPSA) is 37.8 Å². The summed E-state index contributed by atoms with van der Waals surface area (Å²) in [6.45, 7) is 6.18. The Hall–Kier alpha value is -1.42. The molecule has 0 aromatic carbocycles. The molecule has 16 heavy (non-hydrogen) atoms. The SMILES string of the molecule is Cc1cc(C)nc(NC(C)c2nccs2)c1. The molecule has 2 aromatic heterocycles. The van der Waals surface area contributed by atoms with Crippen LogP contribution in [0, 0.1) is 13.8 Å². The molecule has 1 unspecified atom stereocenters. The molecule has 84 valence electrons. The lowest BCUT2D eigenvalue weighted by atomic mass is 10.2. The fraction of sp³-hybridized carbons (Fsp3) is 0.333. The number of aryl methyl sites for hydroxylation is 2. The Balaban J connectivity index is 2.15. The van der Waals surface area contributed by atoms with Gasteiger partial charge in [0.15, 0.2) is 0 Å². The molecular formula is C12H15N3S. The minimum Gasteiger partial charge on any atom is -0.361 e. The van der Waals surface area contributed by atoms with Crippen LogP contribution in [0.25, 0.3) is 0 Å². The third-order valence-corrected chi connectivity index (χ3v) is 3.24. The first-order valence-electron chi connectivity index (χ1n) is 5.26. The van der Waals surface area contributed by atoms with Gasteiger partial charge < -0.3 is 5.32 Å². The summed E-state index contributed by atoms with van der Waals surface area (Å²) in [5, 5.41) is 6.44. The van der Waals surface area contributed by atoms with Crippen LogP contribution in [0.1, 0.15) is 29.2 Å². The van der Waals surface area contributed by atoms with Gasteiger partial charge in [0.1, 0.15) is 10.8 Å². The smallest absolute Gasteiger partial charge is 0.127 e. The molecular weight excluding hydrogens is 218 g/mol. The lowest BCUT2D eigenvalue weighted by Crippen LogP contribution is -2.08. The number of nitrogens with one attached hydrogen (secondary N) is 1. The first kappa shape index (κ1) is 11.1. The average Bonchev–Trinajstić information content (AvgIpc) is 2.68. The van der Waals surface area contributed by atoms with Gasteiger partial charge in [-0.15, -0.1) is 11.3 Å². The van der Waals surface area contributed by atoms with E-state index in [0.29, 0.717) is 0 Å². The molecule has 0 aliphatic carbocycles. The highest BCUT2D eigenvalue weighted by atomic mass is 32.1. The van der Waals surface area contributed by atoms with Crippen LogP contribution in [-0.2, 0) is 0 Å². The number of rotatable bonds is 3. The standard InChI is InChI=1S/C12H15N3S/c1-8-6-9(2)14-11(7-8)15-10(3)12-13-4-5-16-12/h4-7,10H,1-3H3,(H,14,15). The molecule has 1 N–H and O–H groups in total. The van der Waals surface area contributed by atoms with Crippen LogP contribution in [0.2, 0.25) is 0 Å². The molecule has 0 radical (unpaired) electrons. The summed E-state index contributed by atoms with van der Waals surface area (Å²) in [4.78, 5) is 8.74. The molecule has 3 nitrogen and oxygen atoms in total. The van der Waals surface area contributed by atoms with Gasteiger partial charge in [-0.1, -0.05) is 0 Å². The summed E-state index contributed by atoms with van der Waals surface area (Å²) in [5.41, 5.74) is 2.26. The molecule has 0 saturated heterocycles. The maximum atomic E-state index is 4.45.